The van der Waals surface area contributed by atoms with Crippen molar-refractivity contribution < 1.29 is 14.6 Å². The summed E-state index contributed by atoms with van der Waals surface area (Å²) in [6.07, 6.45) is 3.82. The van der Waals surface area contributed by atoms with E-state index < -0.39 is 0 Å². The van der Waals surface area contributed by atoms with Gasteiger partial charge in [0.1, 0.15) is 5.78 Å². The van der Waals surface area contributed by atoms with E-state index in [4.69, 9.17) is 4.74 Å². The lowest BCUT2D eigenvalue weighted by molar-refractivity contribution is -0.131. The molecule has 0 aromatic heterocycles. The van der Waals surface area contributed by atoms with Crippen LogP contribution in [0.15, 0.2) is 0 Å². The van der Waals surface area contributed by atoms with E-state index in [1.807, 2.05) is 0 Å². The van der Waals surface area contributed by atoms with E-state index in [1.165, 1.54) is 0 Å². The number of carbonyl (C=O) groups is 1. The van der Waals surface area contributed by atoms with E-state index in [0.29, 0.717) is 25.4 Å². The van der Waals surface area contributed by atoms with Gasteiger partial charge in [-0.2, -0.15) is 0 Å². The van der Waals surface area contributed by atoms with Crippen LogP contribution < -0.4 is 0 Å². The molecule has 1 heterocycles. The monoisotopic (exact) mass is 213 g/mol. The first kappa shape index (κ1) is 11.0. The van der Waals surface area contributed by atoms with Gasteiger partial charge in [-0.3, -0.25) is 9.69 Å². The minimum atomic E-state index is 0.0193. The Balaban J connectivity index is 2.02. The molecule has 1 aliphatic heterocycles. The van der Waals surface area contributed by atoms with Crippen molar-refractivity contribution in [2.45, 2.75) is 37.8 Å². The van der Waals surface area contributed by atoms with E-state index in [1.54, 1.807) is 0 Å². The second-order valence-electron chi connectivity index (χ2n) is 4.38. The largest absolute Gasteiger partial charge is 0.395 e. The number of hydrogen-bond donors (Lipinski definition) is 1. The molecule has 1 N–H and O–H groups in total. The summed E-state index contributed by atoms with van der Waals surface area (Å²) in [5, 5.41) is 9.25. The van der Waals surface area contributed by atoms with Crippen LogP contribution >= 0.6 is 0 Å². The standard InChI is InChI=1S/C11H19NO3/c13-7-9-8-15-6-5-12(9)10-3-1-2-4-11(10)14/h9-10,13H,1-8H2. The zero-order chi connectivity index (χ0) is 10.7. The lowest BCUT2D eigenvalue weighted by Crippen LogP contribution is -2.55. The summed E-state index contributed by atoms with van der Waals surface area (Å²) < 4.78 is 5.32. The van der Waals surface area contributed by atoms with Gasteiger partial charge in [0.05, 0.1) is 31.9 Å². The molecule has 2 atom stereocenters. The van der Waals surface area contributed by atoms with Gasteiger partial charge in [0.15, 0.2) is 0 Å². The molecule has 2 rings (SSSR count). The molecule has 1 saturated heterocycles. The average Bonchev–Trinajstić information content (AvgIpc) is 2.30. The molecule has 0 amide bonds. The van der Waals surface area contributed by atoms with Crippen LogP contribution in [0.2, 0.25) is 0 Å². The molecule has 4 nitrogen and oxygen atoms in total. The smallest absolute Gasteiger partial charge is 0.149 e. The molecule has 1 saturated carbocycles. The van der Waals surface area contributed by atoms with Gasteiger partial charge in [-0.05, 0) is 12.8 Å². The topological polar surface area (TPSA) is 49.8 Å². The highest BCUT2D eigenvalue weighted by Crippen LogP contribution is 2.22. The molecular weight excluding hydrogens is 194 g/mol. The predicted octanol–water partition coefficient (Wildman–Crippen LogP) is 0.191. The summed E-state index contributed by atoms with van der Waals surface area (Å²) in [5.41, 5.74) is 0. The summed E-state index contributed by atoms with van der Waals surface area (Å²) in [4.78, 5) is 13.9. The van der Waals surface area contributed by atoms with Gasteiger partial charge < -0.3 is 9.84 Å². The summed E-state index contributed by atoms with van der Waals surface area (Å²) in [6.45, 7) is 2.10. The molecule has 0 spiro atoms. The van der Waals surface area contributed by atoms with E-state index in [0.717, 1.165) is 25.8 Å². The third kappa shape index (κ3) is 2.38. The van der Waals surface area contributed by atoms with Crippen molar-refractivity contribution in [2.75, 3.05) is 26.4 Å². The van der Waals surface area contributed by atoms with Gasteiger partial charge >= 0.3 is 0 Å². The first-order valence-corrected chi connectivity index (χ1v) is 5.80. The third-order valence-electron chi connectivity index (χ3n) is 3.41. The van der Waals surface area contributed by atoms with Crippen LogP contribution in [0.5, 0.6) is 0 Å². The lowest BCUT2D eigenvalue weighted by Gasteiger charge is -2.40. The Morgan fingerprint density at radius 2 is 2.33 bits per heavy atom. The Kier molecular flexibility index (Phi) is 3.72. The molecule has 2 fully saturated rings. The van der Waals surface area contributed by atoms with E-state index >= 15 is 0 Å². The highest BCUT2D eigenvalue weighted by molar-refractivity contribution is 5.84. The number of ether oxygens (including phenoxy) is 1. The van der Waals surface area contributed by atoms with Crippen molar-refractivity contribution in [1.29, 1.82) is 0 Å². The van der Waals surface area contributed by atoms with Crippen LogP contribution in [0.1, 0.15) is 25.7 Å². The Morgan fingerprint density at radius 3 is 3.07 bits per heavy atom. The van der Waals surface area contributed by atoms with Crippen LogP contribution in [-0.2, 0) is 9.53 Å². The third-order valence-corrected chi connectivity index (χ3v) is 3.41. The number of Topliss-reactive ketones (excluding diaryl/α,β-unsaturated/α-hetero) is 1. The molecule has 86 valence electrons. The second kappa shape index (κ2) is 5.05. The molecular formula is C11H19NO3. The number of morpholine rings is 1. The first-order chi connectivity index (χ1) is 7.33. The minimum Gasteiger partial charge on any atom is -0.395 e. The van der Waals surface area contributed by atoms with Crippen LogP contribution in [0.4, 0.5) is 0 Å². The summed E-state index contributed by atoms with van der Waals surface area (Å²) in [5.74, 6) is 0.349. The van der Waals surface area contributed by atoms with E-state index in [-0.39, 0.29) is 18.7 Å². The second-order valence-corrected chi connectivity index (χ2v) is 4.38. The Labute approximate surface area is 90.2 Å². The molecule has 0 radical (unpaired) electrons. The number of aliphatic hydroxyl groups is 1. The summed E-state index contributed by atoms with van der Waals surface area (Å²) in [7, 11) is 0. The molecule has 2 unspecified atom stereocenters. The van der Waals surface area contributed by atoms with Gasteiger partial charge in [-0.1, -0.05) is 6.42 Å². The number of ketones is 1. The Morgan fingerprint density at radius 1 is 1.47 bits per heavy atom. The fourth-order valence-electron chi connectivity index (χ4n) is 2.55. The normalized spacial score (nSPS) is 34.3. The lowest BCUT2D eigenvalue weighted by atomic mass is 9.91. The molecule has 0 bridgehead atoms. The fraction of sp³-hybridized carbons (Fsp3) is 0.909. The van der Waals surface area contributed by atoms with Crippen molar-refractivity contribution in [1.82, 2.24) is 4.90 Å². The highest BCUT2D eigenvalue weighted by atomic mass is 16.5. The van der Waals surface area contributed by atoms with Gasteiger partial charge in [0, 0.05) is 13.0 Å². The van der Waals surface area contributed by atoms with Crippen LogP contribution in [0.25, 0.3) is 0 Å². The van der Waals surface area contributed by atoms with Crippen molar-refractivity contribution in [3.05, 3.63) is 0 Å². The van der Waals surface area contributed by atoms with Crippen molar-refractivity contribution in [3.63, 3.8) is 0 Å². The van der Waals surface area contributed by atoms with Crippen molar-refractivity contribution in [3.8, 4) is 0 Å². The minimum absolute atomic E-state index is 0.0193. The number of nitrogens with zero attached hydrogens (tertiary/aromatic N) is 1. The Bertz CT molecular complexity index is 232. The maximum absolute atomic E-state index is 11.8. The van der Waals surface area contributed by atoms with Crippen LogP contribution in [0, 0.1) is 0 Å². The molecule has 1 aliphatic carbocycles. The van der Waals surface area contributed by atoms with E-state index in [2.05, 4.69) is 4.90 Å². The number of hydrogen-bond acceptors (Lipinski definition) is 4. The van der Waals surface area contributed by atoms with Crippen molar-refractivity contribution >= 4 is 5.78 Å². The summed E-state index contributed by atoms with van der Waals surface area (Å²) in [6, 6.07) is 0.0607. The SMILES string of the molecule is O=C1CCCCC1N1CCOCC1CO. The molecule has 15 heavy (non-hydrogen) atoms. The maximum atomic E-state index is 11.8. The predicted molar refractivity (Wildman–Crippen MR) is 55.7 cm³/mol. The average molecular weight is 213 g/mol. The zero-order valence-corrected chi connectivity index (χ0v) is 9.02. The van der Waals surface area contributed by atoms with Gasteiger partial charge in [-0.25, -0.2) is 0 Å². The fourth-order valence-corrected chi connectivity index (χ4v) is 2.55. The zero-order valence-electron chi connectivity index (χ0n) is 9.02. The van der Waals surface area contributed by atoms with Gasteiger partial charge in [0.25, 0.3) is 0 Å². The Hall–Kier alpha value is -0.450. The van der Waals surface area contributed by atoms with Crippen LogP contribution in [-0.4, -0.2) is 54.2 Å². The summed E-state index contributed by atoms with van der Waals surface area (Å²) >= 11 is 0. The molecule has 0 aromatic rings. The quantitative estimate of drug-likeness (QED) is 0.711. The van der Waals surface area contributed by atoms with E-state index in [9.17, 15) is 9.90 Å². The van der Waals surface area contributed by atoms with Gasteiger partial charge in [-0.15, -0.1) is 0 Å². The van der Waals surface area contributed by atoms with Gasteiger partial charge in [0.2, 0.25) is 0 Å². The molecule has 2 aliphatic rings. The number of carbonyl (C=O) groups excluding carboxylic acids is 1. The molecule has 4 heteroatoms. The number of rotatable bonds is 2. The maximum Gasteiger partial charge on any atom is 0.149 e. The molecule has 0 aromatic carbocycles. The van der Waals surface area contributed by atoms with Crippen molar-refractivity contribution in [2.24, 2.45) is 0 Å². The first-order valence-electron chi connectivity index (χ1n) is 5.80. The highest BCUT2D eigenvalue weighted by Gasteiger charge is 2.34. The van der Waals surface area contributed by atoms with Crippen LogP contribution in [0.3, 0.4) is 0 Å². The number of aliphatic hydroxyl groups excluding tert-OH is 1.